The van der Waals surface area contributed by atoms with Gasteiger partial charge in [0.05, 0.1) is 23.7 Å². The fourth-order valence-electron chi connectivity index (χ4n) is 2.43. The topological polar surface area (TPSA) is 81.7 Å². The van der Waals surface area contributed by atoms with Crippen LogP contribution in [0.2, 0.25) is 0 Å². The number of ether oxygens (including phenoxy) is 2. The third-order valence-electron chi connectivity index (χ3n) is 3.62. The number of benzene rings is 2. The van der Waals surface area contributed by atoms with Gasteiger partial charge in [0.15, 0.2) is 0 Å². The lowest BCUT2D eigenvalue weighted by Crippen LogP contribution is -2.13. The molecular formula is C17H17NO5S. The third-order valence-corrected chi connectivity index (χ3v) is 5.00. The van der Waals surface area contributed by atoms with E-state index in [4.69, 9.17) is 9.47 Å². The molecule has 0 saturated heterocycles. The summed E-state index contributed by atoms with van der Waals surface area (Å²) < 4.78 is 37.7. The Morgan fingerprint density at radius 3 is 2.67 bits per heavy atom. The molecule has 0 atom stereocenters. The normalized spacial score (nSPS) is 13.0. The van der Waals surface area contributed by atoms with Crippen molar-refractivity contribution >= 4 is 21.7 Å². The van der Waals surface area contributed by atoms with Crippen LogP contribution in [0.1, 0.15) is 22.8 Å². The molecule has 6 nitrogen and oxygen atoms in total. The molecule has 1 aliphatic heterocycles. The highest BCUT2D eigenvalue weighted by Gasteiger charge is 2.19. The van der Waals surface area contributed by atoms with E-state index in [1.807, 2.05) is 0 Å². The molecule has 2 aromatic rings. The second kappa shape index (κ2) is 6.52. The molecule has 2 aromatic carbocycles. The summed E-state index contributed by atoms with van der Waals surface area (Å²) in [6, 6.07) is 10.9. The molecule has 0 unspecified atom stereocenters. The molecule has 24 heavy (non-hydrogen) atoms. The summed E-state index contributed by atoms with van der Waals surface area (Å²) in [6.07, 6.45) is 0.701. The molecule has 0 spiro atoms. The van der Waals surface area contributed by atoms with Crippen molar-refractivity contribution in [3.63, 3.8) is 0 Å². The van der Waals surface area contributed by atoms with Crippen LogP contribution in [-0.4, -0.2) is 27.6 Å². The van der Waals surface area contributed by atoms with Crippen LogP contribution in [0.3, 0.4) is 0 Å². The Labute approximate surface area is 140 Å². The zero-order valence-corrected chi connectivity index (χ0v) is 13.9. The maximum Gasteiger partial charge on any atom is 0.338 e. The summed E-state index contributed by atoms with van der Waals surface area (Å²) >= 11 is 0. The number of anilines is 1. The quantitative estimate of drug-likeness (QED) is 0.841. The smallest absolute Gasteiger partial charge is 0.338 e. The van der Waals surface area contributed by atoms with Gasteiger partial charge in [-0.25, -0.2) is 13.2 Å². The van der Waals surface area contributed by atoms with Crippen LogP contribution in [0, 0.1) is 0 Å². The maximum absolute atomic E-state index is 12.5. The molecule has 0 bridgehead atoms. The van der Waals surface area contributed by atoms with Gasteiger partial charge in [0.2, 0.25) is 0 Å². The lowest BCUT2D eigenvalue weighted by Gasteiger charge is -2.10. The molecule has 0 radical (unpaired) electrons. The Morgan fingerprint density at radius 1 is 1.21 bits per heavy atom. The number of hydrogen-bond acceptors (Lipinski definition) is 5. The van der Waals surface area contributed by atoms with E-state index in [0.717, 1.165) is 11.3 Å². The van der Waals surface area contributed by atoms with Gasteiger partial charge in [-0.2, -0.15) is 0 Å². The van der Waals surface area contributed by atoms with Crippen molar-refractivity contribution in [3.05, 3.63) is 53.6 Å². The Morgan fingerprint density at radius 2 is 1.96 bits per heavy atom. The van der Waals surface area contributed by atoms with Crippen molar-refractivity contribution in [2.45, 2.75) is 18.2 Å². The van der Waals surface area contributed by atoms with Crippen molar-refractivity contribution < 1.29 is 22.7 Å². The highest BCUT2D eigenvalue weighted by atomic mass is 32.2. The first kappa shape index (κ1) is 16.3. The first-order valence-electron chi connectivity index (χ1n) is 7.55. The summed E-state index contributed by atoms with van der Waals surface area (Å²) in [5.74, 6) is 0.290. The molecular weight excluding hydrogens is 330 g/mol. The maximum atomic E-state index is 12.5. The largest absolute Gasteiger partial charge is 0.493 e. The molecule has 126 valence electrons. The lowest BCUT2D eigenvalue weighted by molar-refractivity contribution is 0.0526. The molecule has 7 heteroatoms. The van der Waals surface area contributed by atoms with Crippen molar-refractivity contribution in [2.24, 2.45) is 0 Å². The predicted octanol–water partition coefficient (Wildman–Crippen LogP) is 2.60. The number of fused-ring (bicyclic) bond motifs is 1. The lowest BCUT2D eigenvalue weighted by atomic mass is 10.2. The minimum absolute atomic E-state index is 0.182. The number of hydrogen-bond donors (Lipinski definition) is 1. The van der Waals surface area contributed by atoms with Crippen molar-refractivity contribution in [1.29, 1.82) is 0 Å². The zero-order chi connectivity index (χ0) is 17.2. The Bertz CT molecular complexity index is 859. The number of esters is 1. The minimum atomic E-state index is -3.70. The summed E-state index contributed by atoms with van der Waals surface area (Å²) in [6.45, 7) is 2.58. The van der Waals surface area contributed by atoms with Gasteiger partial charge >= 0.3 is 5.97 Å². The summed E-state index contributed by atoms with van der Waals surface area (Å²) in [4.78, 5) is 11.8. The van der Waals surface area contributed by atoms with Crippen LogP contribution in [0.5, 0.6) is 5.75 Å². The van der Waals surface area contributed by atoms with Gasteiger partial charge in [0.1, 0.15) is 5.75 Å². The van der Waals surface area contributed by atoms with Crippen LogP contribution in [0.4, 0.5) is 5.69 Å². The summed E-state index contributed by atoms with van der Waals surface area (Å²) in [7, 11) is -3.70. The predicted molar refractivity (Wildman–Crippen MR) is 88.8 cm³/mol. The van der Waals surface area contributed by atoms with E-state index in [0.29, 0.717) is 24.3 Å². The molecule has 0 aromatic heterocycles. The van der Waals surface area contributed by atoms with Gasteiger partial charge in [-0.05, 0) is 55.0 Å². The standard InChI is InChI=1S/C17H17NO5S/c1-2-22-17(19)12-3-5-14(6-4-12)18-24(20,21)15-7-8-16-13(11-15)9-10-23-16/h3-8,11,18H,2,9-10H2,1H3. The van der Waals surface area contributed by atoms with Crippen LogP contribution in [-0.2, 0) is 21.2 Å². The van der Waals surface area contributed by atoms with E-state index in [1.165, 1.54) is 30.3 Å². The number of carbonyl (C=O) groups is 1. The van der Waals surface area contributed by atoms with Crippen LogP contribution >= 0.6 is 0 Å². The van der Waals surface area contributed by atoms with E-state index in [9.17, 15) is 13.2 Å². The molecule has 0 amide bonds. The van der Waals surface area contributed by atoms with Crippen LogP contribution < -0.4 is 9.46 Å². The monoisotopic (exact) mass is 347 g/mol. The zero-order valence-electron chi connectivity index (χ0n) is 13.1. The molecule has 1 N–H and O–H groups in total. The Hall–Kier alpha value is -2.54. The second-order valence-electron chi connectivity index (χ2n) is 5.27. The summed E-state index contributed by atoms with van der Waals surface area (Å²) in [5, 5.41) is 0. The van der Waals surface area contributed by atoms with E-state index < -0.39 is 16.0 Å². The minimum Gasteiger partial charge on any atom is -0.493 e. The molecule has 1 heterocycles. The molecule has 0 saturated carbocycles. The first-order valence-corrected chi connectivity index (χ1v) is 9.03. The van der Waals surface area contributed by atoms with Gasteiger partial charge in [-0.15, -0.1) is 0 Å². The number of nitrogens with one attached hydrogen (secondary N) is 1. The van der Waals surface area contributed by atoms with Gasteiger partial charge in [-0.1, -0.05) is 0 Å². The third kappa shape index (κ3) is 3.35. The van der Waals surface area contributed by atoms with E-state index in [-0.39, 0.29) is 11.5 Å². The fraction of sp³-hybridized carbons (Fsp3) is 0.235. The van der Waals surface area contributed by atoms with Crippen LogP contribution in [0.25, 0.3) is 0 Å². The highest BCUT2D eigenvalue weighted by molar-refractivity contribution is 7.92. The van der Waals surface area contributed by atoms with Crippen molar-refractivity contribution in [1.82, 2.24) is 0 Å². The van der Waals surface area contributed by atoms with E-state index in [1.54, 1.807) is 19.1 Å². The first-order chi connectivity index (χ1) is 11.5. The van der Waals surface area contributed by atoms with Crippen LogP contribution in [0.15, 0.2) is 47.4 Å². The SMILES string of the molecule is CCOC(=O)c1ccc(NS(=O)(=O)c2ccc3c(c2)CCO3)cc1. The molecule has 0 aliphatic carbocycles. The number of rotatable bonds is 5. The Balaban J connectivity index is 1.78. The highest BCUT2D eigenvalue weighted by Crippen LogP contribution is 2.28. The van der Waals surface area contributed by atoms with E-state index >= 15 is 0 Å². The number of sulfonamides is 1. The van der Waals surface area contributed by atoms with E-state index in [2.05, 4.69) is 4.72 Å². The van der Waals surface area contributed by atoms with Gasteiger partial charge < -0.3 is 9.47 Å². The average Bonchev–Trinajstić information content (AvgIpc) is 3.03. The van der Waals surface area contributed by atoms with Gasteiger partial charge in [0.25, 0.3) is 10.0 Å². The molecule has 1 aliphatic rings. The molecule has 3 rings (SSSR count). The fourth-order valence-corrected chi connectivity index (χ4v) is 3.54. The molecule has 0 fully saturated rings. The van der Waals surface area contributed by atoms with Crippen molar-refractivity contribution in [3.8, 4) is 5.75 Å². The second-order valence-corrected chi connectivity index (χ2v) is 6.95. The summed E-state index contributed by atoms with van der Waals surface area (Å²) in [5.41, 5.74) is 1.63. The van der Waals surface area contributed by atoms with Gasteiger partial charge in [-0.3, -0.25) is 4.72 Å². The average molecular weight is 347 g/mol. The van der Waals surface area contributed by atoms with Gasteiger partial charge in [0, 0.05) is 12.1 Å². The number of carbonyl (C=O) groups excluding carboxylic acids is 1. The van der Waals surface area contributed by atoms with Crippen molar-refractivity contribution in [2.75, 3.05) is 17.9 Å². The Kier molecular flexibility index (Phi) is 4.44.